The van der Waals surface area contributed by atoms with E-state index in [4.69, 9.17) is 9.47 Å². The van der Waals surface area contributed by atoms with Crippen molar-refractivity contribution in [3.63, 3.8) is 0 Å². The second kappa shape index (κ2) is 1.98. The summed E-state index contributed by atoms with van der Waals surface area (Å²) in [6, 6.07) is 0. The first-order valence-electron chi connectivity index (χ1n) is 2.92. The Morgan fingerprint density at radius 2 is 2.22 bits per heavy atom. The van der Waals surface area contributed by atoms with Crippen LogP contribution in [0.4, 0.5) is 0 Å². The first-order chi connectivity index (χ1) is 4.01. The summed E-state index contributed by atoms with van der Waals surface area (Å²) >= 11 is 0.711. The second-order valence-corrected chi connectivity index (χ2v) is 3.63. The highest BCUT2D eigenvalue weighted by molar-refractivity contribution is 6.22. The summed E-state index contributed by atoms with van der Waals surface area (Å²) in [7, 11) is 0. The van der Waals surface area contributed by atoms with Crippen LogP contribution in [0.15, 0.2) is 0 Å². The van der Waals surface area contributed by atoms with Gasteiger partial charge in [0.2, 0.25) is 5.79 Å². The number of cyclic esters (lactones) is 1. The van der Waals surface area contributed by atoms with Crippen molar-refractivity contribution in [2.75, 3.05) is 0 Å². The van der Waals surface area contributed by atoms with Gasteiger partial charge in [0.25, 0.3) is 16.3 Å². The second-order valence-electron chi connectivity index (χ2n) is 2.58. The van der Waals surface area contributed by atoms with Crippen LogP contribution >= 0.6 is 0 Å². The molecule has 1 aliphatic rings. The minimum Gasteiger partial charge on any atom is -0.433 e. The summed E-state index contributed by atoms with van der Waals surface area (Å²) < 4.78 is 9.99. The van der Waals surface area contributed by atoms with E-state index in [1.807, 2.05) is 0 Å². The largest absolute Gasteiger partial charge is 0.433 e. The van der Waals surface area contributed by atoms with E-state index in [9.17, 15) is 4.79 Å². The molecule has 9 heavy (non-hydrogen) atoms. The highest BCUT2D eigenvalue weighted by Crippen LogP contribution is 2.21. The van der Waals surface area contributed by atoms with Gasteiger partial charge in [-0.05, 0) is 0 Å². The predicted octanol–water partition coefficient (Wildman–Crippen LogP) is -0.745. The molecule has 0 radical (unpaired) electrons. The molecular formula is C5H9AlO3. The van der Waals surface area contributed by atoms with E-state index >= 15 is 0 Å². The summed E-state index contributed by atoms with van der Waals surface area (Å²) in [6.45, 7) is 3.48. The molecule has 50 valence electrons. The van der Waals surface area contributed by atoms with Crippen LogP contribution in [0.5, 0.6) is 0 Å². The Labute approximate surface area is 61.7 Å². The third-order valence-electron chi connectivity index (χ3n) is 1.14. The van der Waals surface area contributed by atoms with Gasteiger partial charge in [0.1, 0.15) is 0 Å². The Hall–Kier alpha value is -0.0375. The van der Waals surface area contributed by atoms with Crippen LogP contribution in [0.2, 0.25) is 0 Å². The van der Waals surface area contributed by atoms with Gasteiger partial charge in [0.05, 0.1) is 4.97 Å². The Bertz CT molecular complexity index is 143. The number of hydrogen-bond donors (Lipinski definition) is 0. The molecule has 1 atom stereocenters. The molecule has 0 amide bonds. The van der Waals surface area contributed by atoms with Crippen LogP contribution in [0.3, 0.4) is 0 Å². The van der Waals surface area contributed by atoms with Gasteiger partial charge in [-0.25, -0.2) is 0 Å². The minimum atomic E-state index is -0.677. The van der Waals surface area contributed by atoms with Crippen molar-refractivity contribution in [1.29, 1.82) is 0 Å². The van der Waals surface area contributed by atoms with Crippen LogP contribution in [-0.4, -0.2) is 33.0 Å². The highest BCUT2D eigenvalue weighted by Gasteiger charge is 2.37. The van der Waals surface area contributed by atoms with Gasteiger partial charge in [-0.2, -0.15) is 0 Å². The van der Waals surface area contributed by atoms with Crippen molar-refractivity contribution >= 4 is 22.3 Å². The molecule has 0 bridgehead atoms. The molecule has 3 nitrogen and oxygen atoms in total. The van der Waals surface area contributed by atoms with Gasteiger partial charge < -0.3 is 9.47 Å². The molecule has 1 fully saturated rings. The molecule has 0 aliphatic carbocycles. The van der Waals surface area contributed by atoms with Gasteiger partial charge in [-0.1, -0.05) is 0 Å². The molecule has 1 rings (SSSR count). The molecule has 1 aliphatic heterocycles. The summed E-state index contributed by atoms with van der Waals surface area (Å²) in [6.07, 6.45) is 0. The third-order valence-corrected chi connectivity index (χ3v) is 1.85. The van der Waals surface area contributed by atoms with Crippen LogP contribution in [0.25, 0.3) is 0 Å². The lowest BCUT2D eigenvalue weighted by molar-refractivity contribution is -0.160. The predicted molar refractivity (Wildman–Crippen MR) is 33.6 cm³/mol. The average Bonchev–Trinajstić information content (AvgIpc) is 1.79. The van der Waals surface area contributed by atoms with E-state index in [1.54, 1.807) is 13.8 Å². The lowest BCUT2D eigenvalue weighted by Crippen LogP contribution is -2.21. The SMILES string of the molecule is CC1(C)OC(=O)[CH]([AlH2])O1. The van der Waals surface area contributed by atoms with Gasteiger partial charge in [0.15, 0.2) is 0 Å². The summed E-state index contributed by atoms with van der Waals surface area (Å²) in [5, 5.41) is 0. The van der Waals surface area contributed by atoms with Crippen LogP contribution < -0.4 is 0 Å². The fourth-order valence-corrected chi connectivity index (χ4v) is 1.51. The van der Waals surface area contributed by atoms with Crippen LogP contribution in [0, 0.1) is 0 Å². The molecule has 0 aromatic rings. The maximum atomic E-state index is 10.7. The van der Waals surface area contributed by atoms with Crippen LogP contribution in [0.1, 0.15) is 13.8 Å². The first-order valence-corrected chi connectivity index (χ1v) is 4.07. The molecule has 0 spiro atoms. The highest BCUT2D eigenvalue weighted by atomic mass is 27.0. The topological polar surface area (TPSA) is 35.5 Å². The first kappa shape index (κ1) is 7.07. The van der Waals surface area contributed by atoms with Crippen molar-refractivity contribution in [2.24, 2.45) is 0 Å². The van der Waals surface area contributed by atoms with Crippen molar-refractivity contribution in [3.05, 3.63) is 0 Å². The van der Waals surface area contributed by atoms with E-state index in [-0.39, 0.29) is 10.9 Å². The zero-order valence-electron chi connectivity index (χ0n) is 5.80. The number of hydrogen-bond acceptors (Lipinski definition) is 3. The van der Waals surface area contributed by atoms with E-state index < -0.39 is 5.79 Å². The molecule has 0 saturated carbocycles. The van der Waals surface area contributed by atoms with Crippen molar-refractivity contribution in [1.82, 2.24) is 0 Å². The summed E-state index contributed by atoms with van der Waals surface area (Å²) in [5.41, 5.74) is 0. The maximum absolute atomic E-state index is 10.7. The standard InChI is InChI=1S/C5H7O3.Al.2H/c1-5(2)7-3-4(6)8-5;;;/h3H,1-2H3;;;. The van der Waals surface area contributed by atoms with Gasteiger partial charge >= 0.3 is 5.97 Å². The van der Waals surface area contributed by atoms with Gasteiger partial charge in [-0.15, -0.1) is 0 Å². The molecule has 1 heterocycles. The van der Waals surface area contributed by atoms with E-state index in [2.05, 4.69) is 0 Å². The molecular weight excluding hydrogens is 135 g/mol. The monoisotopic (exact) mass is 144 g/mol. The zero-order chi connectivity index (χ0) is 7.07. The average molecular weight is 144 g/mol. The molecule has 1 saturated heterocycles. The summed E-state index contributed by atoms with van der Waals surface area (Å²) in [5.74, 6) is -0.893. The van der Waals surface area contributed by atoms with Crippen molar-refractivity contribution < 1.29 is 14.3 Å². The number of carbonyl (C=O) groups excluding carboxylic acids is 1. The van der Waals surface area contributed by atoms with E-state index in [0.717, 1.165) is 0 Å². The molecule has 1 unspecified atom stereocenters. The zero-order valence-corrected chi connectivity index (χ0v) is 7.80. The third kappa shape index (κ3) is 1.45. The number of rotatable bonds is 0. The van der Waals surface area contributed by atoms with E-state index in [1.165, 1.54) is 0 Å². The maximum Gasteiger partial charge on any atom is 0.321 e. The van der Waals surface area contributed by atoms with Crippen molar-refractivity contribution in [2.45, 2.75) is 24.6 Å². The van der Waals surface area contributed by atoms with E-state index in [0.29, 0.717) is 16.3 Å². The molecule has 0 aromatic heterocycles. The van der Waals surface area contributed by atoms with Crippen LogP contribution in [-0.2, 0) is 14.3 Å². The smallest absolute Gasteiger partial charge is 0.321 e. The lowest BCUT2D eigenvalue weighted by Gasteiger charge is -2.14. The number of esters is 1. The normalized spacial score (nSPS) is 32.2. The Kier molecular flexibility index (Phi) is 1.56. The van der Waals surface area contributed by atoms with Gasteiger partial charge in [0, 0.05) is 13.8 Å². The number of carbonyl (C=O) groups is 1. The van der Waals surface area contributed by atoms with Gasteiger partial charge in [-0.3, -0.25) is 4.79 Å². The fourth-order valence-electron chi connectivity index (χ4n) is 0.823. The van der Waals surface area contributed by atoms with Crippen molar-refractivity contribution in [3.8, 4) is 0 Å². The quantitative estimate of drug-likeness (QED) is 0.331. The summed E-state index contributed by atoms with van der Waals surface area (Å²) in [4.78, 5) is 10.4. The number of ether oxygens (including phenoxy) is 2. The Morgan fingerprint density at radius 1 is 1.67 bits per heavy atom. The minimum absolute atomic E-state index is 0.216. The Balaban J connectivity index is 2.65. The Morgan fingerprint density at radius 3 is 2.33 bits per heavy atom. The fraction of sp³-hybridized carbons (Fsp3) is 0.800. The molecule has 0 N–H and O–H groups in total. The lowest BCUT2D eigenvalue weighted by atomic mass is 10.4. The molecule has 0 aromatic carbocycles. The molecule has 4 heteroatoms.